The summed E-state index contributed by atoms with van der Waals surface area (Å²) in [6, 6.07) is 4.46. The average Bonchev–Trinajstić information content (AvgIpc) is 2.64. The van der Waals surface area contributed by atoms with E-state index in [1.54, 1.807) is 13.0 Å². The van der Waals surface area contributed by atoms with E-state index in [1.807, 2.05) is 0 Å². The number of benzene rings is 1. The molecule has 0 bridgehead atoms. The zero-order valence-corrected chi connectivity index (χ0v) is 9.57. The highest BCUT2D eigenvalue weighted by Gasteiger charge is 2.16. The number of hydrogen-bond acceptors (Lipinski definition) is 2. The number of nitrogens with zero attached hydrogens (tertiary/aromatic N) is 2. The Morgan fingerprint density at radius 2 is 2.24 bits per heavy atom. The van der Waals surface area contributed by atoms with Crippen LogP contribution in [0.15, 0.2) is 24.4 Å². The summed E-state index contributed by atoms with van der Waals surface area (Å²) in [5.74, 6) is -1.73. The number of aromatic carboxylic acids is 1. The van der Waals surface area contributed by atoms with Gasteiger partial charge in [0.15, 0.2) is 5.82 Å². The molecule has 0 aliphatic rings. The monoisotopic (exact) mass is 254 g/mol. The Hall–Kier alpha value is -1.88. The molecule has 6 heteroatoms. The lowest BCUT2D eigenvalue weighted by atomic mass is 10.2. The molecule has 0 fully saturated rings. The van der Waals surface area contributed by atoms with E-state index in [2.05, 4.69) is 5.10 Å². The van der Waals surface area contributed by atoms with Gasteiger partial charge in [0.25, 0.3) is 0 Å². The van der Waals surface area contributed by atoms with E-state index in [0.29, 0.717) is 5.69 Å². The molecule has 0 aliphatic heterocycles. The van der Waals surface area contributed by atoms with E-state index in [0.717, 1.165) is 0 Å². The summed E-state index contributed by atoms with van der Waals surface area (Å²) in [7, 11) is 0. The van der Waals surface area contributed by atoms with Gasteiger partial charge < -0.3 is 5.11 Å². The minimum atomic E-state index is -1.10. The Labute approximate surface area is 101 Å². The van der Waals surface area contributed by atoms with E-state index < -0.39 is 11.8 Å². The smallest absolute Gasteiger partial charge is 0.339 e. The maximum atomic E-state index is 13.7. The Morgan fingerprint density at radius 1 is 1.53 bits per heavy atom. The number of carboxylic acid groups (broad SMARTS) is 1. The standard InChI is InChI=1S/C11H8ClFN2O2/c1-6-7(11(16)17)5-14-15(6)9-4-2-3-8(12)10(9)13/h2-5H,1H3,(H,16,17). The molecule has 1 heterocycles. The van der Waals surface area contributed by atoms with Gasteiger partial charge in [-0.05, 0) is 19.1 Å². The molecule has 0 saturated carbocycles. The highest BCUT2D eigenvalue weighted by Crippen LogP contribution is 2.22. The molecule has 88 valence electrons. The highest BCUT2D eigenvalue weighted by atomic mass is 35.5. The molecule has 0 saturated heterocycles. The highest BCUT2D eigenvalue weighted by molar-refractivity contribution is 6.30. The molecule has 4 nitrogen and oxygen atoms in total. The van der Waals surface area contributed by atoms with Crippen molar-refractivity contribution < 1.29 is 14.3 Å². The molecule has 2 aromatic rings. The third-order valence-corrected chi connectivity index (χ3v) is 2.69. The molecule has 0 aliphatic carbocycles. The summed E-state index contributed by atoms with van der Waals surface area (Å²) in [4.78, 5) is 10.8. The van der Waals surface area contributed by atoms with E-state index in [-0.39, 0.29) is 16.3 Å². The zero-order chi connectivity index (χ0) is 12.6. The third-order valence-electron chi connectivity index (χ3n) is 2.40. The first kappa shape index (κ1) is 11.6. The van der Waals surface area contributed by atoms with E-state index in [1.165, 1.54) is 23.0 Å². The summed E-state index contributed by atoms with van der Waals surface area (Å²) in [5, 5.41) is 12.7. The first-order valence-corrected chi connectivity index (χ1v) is 5.12. The lowest BCUT2D eigenvalue weighted by molar-refractivity contribution is 0.0696. The quantitative estimate of drug-likeness (QED) is 0.896. The van der Waals surface area contributed by atoms with Gasteiger partial charge in [0.2, 0.25) is 0 Å². The van der Waals surface area contributed by atoms with Crippen molar-refractivity contribution in [1.29, 1.82) is 0 Å². The van der Waals surface area contributed by atoms with Crippen LogP contribution in [0.2, 0.25) is 5.02 Å². The van der Waals surface area contributed by atoms with Gasteiger partial charge in [0, 0.05) is 0 Å². The fraction of sp³-hybridized carbons (Fsp3) is 0.0909. The first-order valence-electron chi connectivity index (χ1n) is 4.74. The largest absolute Gasteiger partial charge is 0.478 e. The van der Waals surface area contributed by atoms with Crippen LogP contribution in [0.4, 0.5) is 4.39 Å². The molecule has 17 heavy (non-hydrogen) atoms. The van der Waals surface area contributed by atoms with Crippen LogP contribution in [0.1, 0.15) is 16.1 Å². The number of rotatable bonds is 2. The summed E-state index contributed by atoms with van der Waals surface area (Å²) < 4.78 is 15.0. The molecule has 0 amide bonds. The van der Waals surface area contributed by atoms with Crippen LogP contribution in [0, 0.1) is 12.7 Å². The Kier molecular flexibility index (Phi) is 2.85. The van der Waals surface area contributed by atoms with Crippen molar-refractivity contribution in [2.75, 3.05) is 0 Å². The minimum Gasteiger partial charge on any atom is -0.478 e. The average molecular weight is 255 g/mol. The topological polar surface area (TPSA) is 55.1 Å². The van der Waals surface area contributed by atoms with Crippen molar-refractivity contribution in [2.24, 2.45) is 0 Å². The second-order valence-corrected chi connectivity index (χ2v) is 3.84. The van der Waals surface area contributed by atoms with Gasteiger partial charge in [-0.15, -0.1) is 0 Å². The predicted molar refractivity (Wildman–Crippen MR) is 60.2 cm³/mol. The van der Waals surface area contributed by atoms with Crippen LogP contribution in [0.5, 0.6) is 0 Å². The maximum Gasteiger partial charge on any atom is 0.339 e. The molecule has 1 aromatic heterocycles. The Bertz CT molecular complexity index is 595. The Morgan fingerprint density at radius 3 is 2.82 bits per heavy atom. The molecule has 0 atom stereocenters. The van der Waals surface area contributed by atoms with Crippen LogP contribution >= 0.6 is 11.6 Å². The molecule has 1 N–H and O–H groups in total. The zero-order valence-electron chi connectivity index (χ0n) is 8.82. The van der Waals surface area contributed by atoms with Gasteiger partial charge in [-0.25, -0.2) is 13.9 Å². The van der Waals surface area contributed by atoms with Crippen molar-refractivity contribution >= 4 is 17.6 Å². The fourth-order valence-corrected chi connectivity index (χ4v) is 1.69. The van der Waals surface area contributed by atoms with E-state index in [9.17, 15) is 9.18 Å². The molecular formula is C11H8ClFN2O2. The second-order valence-electron chi connectivity index (χ2n) is 3.43. The summed E-state index contributed by atoms with van der Waals surface area (Å²) >= 11 is 5.65. The summed E-state index contributed by atoms with van der Waals surface area (Å²) in [5.41, 5.74) is 0.505. The molecule has 1 aromatic carbocycles. The number of aromatic nitrogens is 2. The van der Waals surface area contributed by atoms with Gasteiger partial charge in [-0.1, -0.05) is 17.7 Å². The van der Waals surface area contributed by atoms with Crippen LogP contribution in [-0.2, 0) is 0 Å². The third kappa shape index (κ3) is 1.89. The van der Waals surface area contributed by atoms with Crippen LogP contribution in [0.25, 0.3) is 5.69 Å². The fourth-order valence-electron chi connectivity index (χ4n) is 1.52. The number of carbonyl (C=O) groups is 1. The second kappa shape index (κ2) is 4.18. The number of carboxylic acids is 1. The van der Waals surface area contributed by atoms with Crippen molar-refractivity contribution in [1.82, 2.24) is 9.78 Å². The van der Waals surface area contributed by atoms with Gasteiger partial charge >= 0.3 is 5.97 Å². The van der Waals surface area contributed by atoms with Gasteiger partial charge in [0.1, 0.15) is 11.3 Å². The first-order chi connectivity index (χ1) is 8.02. The number of hydrogen-bond donors (Lipinski definition) is 1. The Balaban J connectivity index is 2.62. The predicted octanol–water partition coefficient (Wildman–Crippen LogP) is 2.67. The minimum absolute atomic E-state index is 0.0318. The van der Waals surface area contributed by atoms with Gasteiger partial charge in [-0.3, -0.25) is 0 Å². The van der Waals surface area contributed by atoms with Crippen LogP contribution in [0.3, 0.4) is 0 Å². The number of halogens is 2. The van der Waals surface area contributed by atoms with Crippen molar-refractivity contribution in [2.45, 2.75) is 6.92 Å². The van der Waals surface area contributed by atoms with Gasteiger partial charge in [0.05, 0.1) is 16.9 Å². The maximum absolute atomic E-state index is 13.7. The van der Waals surface area contributed by atoms with Crippen molar-refractivity contribution in [3.63, 3.8) is 0 Å². The van der Waals surface area contributed by atoms with Crippen LogP contribution in [-0.4, -0.2) is 20.9 Å². The van der Waals surface area contributed by atoms with Crippen molar-refractivity contribution in [3.8, 4) is 5.69 Å². The summed E-state index contributed by atoms with van der Waals surface area (Å²) in [6.45, 7) is 1.55. The van der Waals surface area contributed by atoms with E-state index in [4.69, 9.17) is 16.7 Å². The lowest BCUT2D eigenvalue weighted by Gasteiger charge is -2.06. The molecule has 0 spiro atoms. The van der Waals surface area contributed by atoms with E-state index >= 15 is 0 Å². The summed E-state index contributed by atoms with van der Waals surface area (Å²) in [6.07, 6.45) is 1.18. The normalized spacial score (nSPS) is 10.5. The molecule has 0 radical (unpaired) electrons. The molecule has 2 rings (SSSR count). The lowest BCUT2D eigenvalue weighted by Crippen LogP contribution is -2.04. The molecule has 0 unspecified atom stereocenters. The van der Waals surface area contributed by atoms with Crippen LogP contribution < -0.4 is 0 Å². The molecular weight excluding hydrogens is 247 g/mol. The SMILES string of the molecule is Cc1c(C(=O)O)cnn1-c1cccc(Cl)c1F. The van der Waals surface area contributed by atoms with Gasteiger partial charge in [-0.2, -0.15) is 5.10 Å². The van der Waals surface area contributed by atoms with Crippen molar-refractivity contribution in [3.05, 3.63) is 46.5 Å².